The fourth-order valence-corrected chi connectivity index (χ4v) is 3.52. The molecule has 1 N–H and O–H groups in total. The third-order valence-corrected chi connectivity index (χ3v) is 5.35. The highest BCUT2D eigenvalue weighted by Gasteiger charge is 2.19. The molecule has 1 atom stereocenters. The van der Waals surface area contributed by atoms with E-state index in [-0.39, 0.29) is 5.56 Å². The number of rotatable bonds is 2. The summed E-state index contributed by atoms with van der Waals surface area (Å²) in [6, 6.07) is 6.44. The van der Waals surface area contributed by atoms with Gasteiger partial charge < -0.3 is 5.11 Å². The maximum atomic E-state index is 13.8. The first-order chi connectivity index (χ1) is 8.00. The van der Waals surface area contributed by atoms with Gasteiger partial charge in [-0.25, -0.2) is 4.39 Å². The zero-order valence-electron chi connectivity index (χ0n) is 8.25. The number of thiophene rings is 1. The van der Waals surface area contributed by atoms with E-state index in [0.717, 1.165) is 3.79 Å². The van der Waals surface area contributed by atoms with Crippen LogP contribution in [-0.4, -0.2) is 5.11 Å². The van der Waals surface area contributed by atoms with E-state index in [4.69, 9.17) is 11.6 Å². The molecule has 1 unspecified atom stereocenters. The van der Waals surface area contributed by atoms with Crippen LogP contribution in [0.3, 0.4) is 0 Å². The Kier molecular flexibility index (Phi) is 4.26. The molecule has 0 aliphatic rings. The molecule has 0 radical (unpaired) electrons. The maximum Gasteiger partial charge on any atom is 0.143 e. The van der Waals surface area contributed by atoms with E-state index in [1.54, 1.807) is 24.3 Å². The lowest BCUT2D eigenvalue weighted by Gasteiger charge is -2.10. The second-order valence-electron chi connectivity index (χ2n) is 3.32. The van der Waals surface area contributed by atoms with Gasteiger partial charge in [-0.05, 0) is 44.0 Å². The average molecular weight is 400 g/mol. The standard InChI is InChI=1S/C11H6Br2ClFOS/c12-6-3-1-2-5(9(6)15)10(16)8-4-7(14)11(13)17-8/h1-4,10,16H. The predicted molar refractivity (Wildman–Crippen MR) is 75.2 cm³/mol. The molecule has 2 rings (SSSR count). The topological polar surface area (TPSA) is 20.2 Å². The minimum Gasteiger partial charge on any atom is -0.383 e. The van der Waals surface area contributed by atoms with E-state index in [1.165, 1.54) is 11.3 Å². The summed E-state index contributed by atoms with van der Waals surface area (Å²) in [7, 11) is 0. The smallest absolute Gasteiger partial charge is 0.143 e. The Hall–Kier alpha value is 0.0600. The molecule has 2 aromatic rings. The Labute approximate surface area is 123 Å². The van der Waals surface area contributed by atoms with Gasteiger partial charge in [0.15, 0.2) is 0 Å². The highest BCUT2D eigenvalue weighted by atomic mass is 79.9. The van der Waals surface area contributed by atoms with Crippen molar-refractivity contribution >= 4 is 54.8 Å². The van der Waals surface area contributed by atoms with Crippen molar-refractivity contribution in [2.75, 3.05) is 0 Å². The molecule has 17 heavy (non-hydrogen) atoms. The van der Waals surface area contributed by atoms with Crippen molar-refractivity contribution < 1.29 is 9.50 Å². The van der Waals surface area contributed by atoms with Crippen LogP contribution < -0.4 is 0 Å². The molecule has 90 valence electrons. The molecule has 1 aromatic carbocycles. The summed E-state index contributed by atoms with van der Waals surface area (Å²) in [5, 5.41) is 10.6. The van der Waals surface area contributed by atoms with Gasteiger partial charge >= 0.3 is 0 Å². The Balaban J connectivity index is 2.43. The van der Waals surface area contributed by atoms with Gasteiger partial charge in [0, 0.05) is 10.4 Å². The Morgan fingerprint density at radius 3 is 2.65 bits per heavy atom. The van der Waals surface area contributed by atoms with Gasteiger partial charge in [0.25, 0.3) is 0 Å². The molecule has 0 saturated heterocycles. The third kappa shape index (κ3) is 2.74. The summed E-state index contributed by atoms with van der Waals surface area (Å²) >= 11 is 13.5. The Bertz CT molecular complexity index is 539. The second kappa shape index (κ2) is 5.36. The molecule has 0 spiro atoms. The van der Waals surface area contributed by atoms with Crippen molar-refractivity contribution in [2.45, 2.75) is 6.10 Å². The summed E-state index contributed by atoms with van der Waals surface area (Å²) in [5.74, 6) is -0.458. The normalized spacial score (nSPS) is 12.8. The number of aliphatic hydroxyl groups excluding tert-OH is 1. The second-order valence-corrected chi connectivity index (χ2v) is 6.98. The molecule has 1 aromatic heterocycles. The predicted octanol–water partition coefficient (Wildman–Crippen LogP) is 5.15. The molecule has 0 amide bonds. The summed E-state index contributed by atoms with van der Waals surface area (Å²) < 4.78 is 14.9. The third-order valence-electron chi connectivity index (χ3n) is 2.21. The molecule has 0 saturated carbocycles. The minimum absolute atomic E-state index is 0.227. The van der Waals surface area contributed by atoms with E-state index in [1.807, 2.05) is 0 Å². The van der Waals surface area contributed by atoms with Crippen LogP contribution in [0, 0.1) is 5.82 Å². The molecular formula is C11H6Br2ClFOS. The first-order valence-electron chi connectivity index (χ1n) is 4.57. The summed E-state index contributed by atoms with van der Waals surface area (Å²) in [6.45, 7) is 0. The van der Waals surface area contributed by atoms with Crippen molar-refractivity contribution in [3.05, 3.63) is 53.8 Å². The van der Waals surface area contributed by atoms with Gasteiger partial charge in [-0.1, -0.05) is 23.7 Å². The van der Waals surface area contributed by atoms with Gasteiger partial charge in [-0.15, -0.1) is 11.3 Å². The van der Waals surface area contributed by atoms with Crippen molar-refractivity contribution in [3.8, 4) is 0 Å². The highest BCUT2D eigenvalue weighted by molar-refractivity contribution is 9.11. The van der Waals surface area contributed by atoms with Crippen LogP contribution in [0.1, 0.15) is 16.5 Å². The van der Waals surface area contributed by atoms with Crippen LogP contribution in [0.25, 0.3) is 0 Å². The molecule has 6 heteroatoms. The van der Waals surface area contributed by atoms with E-state index in [9.17, 15) is 9.50 Å². The molecular weight excluding hydrogens is 394 g/mol. The highest BCUT2D eigenvalue weighted by Crippen LogP contribution is 2.38. The molecule has 0 bridgehead atoms. The lowest BCUT2D eigenvalue weighted by atomic mass is 10.1. The number of hydrogen-bond donors (Lipinski definition) is 1. The molecule has 0 fully saturated rings. The van der Waals surface area contributed by atoms with Crippen molar-refractivity contribution in [1.29, 1.82) is 0 Å². The quantitative estimate of drug-likeness (QED) is 0.739. The first kappa shape index (κ1) is 13.5. The zero-order chi connectivity index (χ0) is 12.6. The van der Waals surface area contributed by atoms with Crippen molar-refractivity contribution in [1.82, 2.24) is 0 Å². The maximum absolute atomic E-state index is 13.8. The Morgan fingerprint density at radius 1 is 1.35 bits per heavy atom. The van der Waals surface area contributed by atoms with Crippen LogP contribution in [0.2, 0.25) is 5.02 Å². The van der Waals surface area contributed by atoms with E-state index >= 15 is 0 Å². The van der Waals surface area contributed by atoms with Crippen LogP contribution in [0.4, 0.5) is 4.39 Å². The lowest BCUT2D eigenvalue weighted by Crippen LogP contribution is -2.00. The lowest BCUT2D eigenvalue weighted by molar-refractivity contribution is 0.218. The number of aliphatic hydroxyl groups is 1. The van der Waals surface area contributed by atoms with Crippen LogP contribution >= 0.6 is 54.8 Å². The van der Waals surface area contributed by atoms with Gasteiger partial charge in [0.2, 0.25) is 0 Å². The summed E-state index contributed by atoms with van der Waals surface area (Å²) in [6.07, 6.45) is -1.01. The zero-order valence-corrected chi connectivity index (χ0v) is 13.0. The first-order valence-corrected chi connectivity index (χ1v) is 7.35. The van der Waals surface area contributed by atoms with Crippen LogP contribution in [-0.2, 0) is 0 Å². The van der Waals surface area contributed by atoms with Gasteiger partial charge in [0.1, 0.15) is 11.9 Å². The largest absolute Gasteiger partial charge is 0.383 e. The number of hydrogen-bond acceptors (Lipinski definition) is 2. The molecule has 1 nitrogen and oxygen atoms in total. The molecule has 0 aliphatic carbocycles. The average Bonchev–Trinajstić information content (AvgIpc) is 2.62. The van der Waals surface area contributed by atoms with Gasteiger partial charge in [-0.3, -0.25) is 0 Å². The molecule has 1 heterocycles. The SMILES string of the molecule is OC(c1cc(Cl)c(Br)s1)c1cccc(Br)c1F. The van der Waals surface area contributed by atoms with Crippen LogP contribution in [0.15, 0.2) is 32.5 Å². The fourth-order valence-electron chi connectivity index (χ4n) is 1.38. The number of halogens is 4. The minimum atomic E-state index is -1.01. The summed E-state index contributed by atoms with van der Waals surface area (Å²) in [4.78, 5) is 0.596. The van der Waals surface area contributed by atoms with Gasteiger partial charge in [-0.2, -0.15) is 0 Å². The van der Waals surface area contributed by atoms with E-state index < -0.39 is 11.9 Å². The molecule has 0 aliphatic heterocycles. The summed E-state index contributed by atoms with van der Waals surface area (Å²) in [5.41, 5.74) is 0.227. The monoisotopic (exact) mass is 398 g/mol. The van der Waals surface area contributed by atoms with Crippen molar-refractivity contribution in [3.63, 3.8) is 0 Å². The number of benzene rings is 1. The van der Waals surface area contributed by atoms with E-state index in [0.29, 0.717) is 14.4 Å². The van der Waals surface area contributed by atoms with E-state index in [2.05, 4.69) is 31.9 Å². The fraction of sp³-hybridized carbons (Fsp3) is 0.0909. The van der Waals surface area contributed by atoms with Gasteiger partial charge in [0.05, 0.1) is 13.3 Å². The van der Waals surface area contributed by atoms with Crippen molar-refractivity contribution in [2.24, 2.45) is 0 Å². The van der Waals surface area contributed by atoms with Crippen LogP contribution in [0.5, 0.6) is 0 Å². The Morgan fingerprint density at radius 2 is 2.06 bits per heavy atom.